The minimum Gasteiger partial charge on any atom is -0.353 e. The molecule has 0 spiro atoms. The molecule has 0 amide bonds. The fourth-order valence-corrected chi connectivity index (χ4v) is 3.40. The lowest BCUT2D eigenvalue weighted by Crippen LogP contribution is -2.11. The standard InChI is InChI=1S/C18H10BrN3O/c19-13-7-3-1-5-10(13)15-12(9-20)18(23)22-16-11-6-2-4-8-14(11)21-17(15)16/h1-8,21H,(H,22,23). The van der Waals surface area contributed by atoms with Gasteiger partial charge in [-0.1, -0.05) is 52.3 Å². The number of aromatic amines is 2. The fraction of sp³-hybridized carbons (Fsp3) is 0. The average molecular weight is 364 g/mol. The minimum absolute atomic E-state index is 0.107. The van der Waals surface area contributed by atoms with Crippen LogP contribution in [0.5, 0.6) is 0 Å². The third kappa shape index (κ3) is 2.00. The first kappa shape index (κ1) is 13.8. The zero-order valence-electron chi connectivity index (χ0n) is 11.9. The van der Waals surface area contributed by atoms with Crippen molar-refractivity contribution >= 4 is 37.9 Å². The van der Waals surface area contributed by atoms with Crippen LogP contribution in [0.25, 0.3) is 33.1 Å². The van der Waals surface area contributed by atoms with Crippen LogP contribution in [-0.2, 0) is 0 Å². The number of rotatable bonds is 1. The number of nitrogens with one attached hydrogen (secondary N) is 2. The fourth-order valence-electron chi connectivity index (χ4n) is 2.91. The van der Waals surface area contributed by atoms with Crippen molar-refractivity contribution in [1.82, 2.24) is 9.97 Å². The summed E-state index contributed by atoms with van der Waals surface area (Å²) in [5, 5.41) is 10.4. The van der Waals surface area contributed by atoms with Crippen LogP contribution < -0.4 is 5.56 Å². The number of halogens is 1. The maximum Gasteiger partial charge on any atom is 0.267 e. The Morgan fingerprint density at radius 3 is 2.48 bits per heavy atom. The summed E-state index contributed by atoms with van der Waals surface area (Å²) in [4.78, 5) is 18.6. The lowest BCUT2D eigenvalue weighted by Gasteiger charge is -2.08. The second-order valence-corrected chi connectivity index (χ2v) is 6.07. The summed E-state index contributed by atoms with van der Waals surface area (Å²) in [6.45, 7) is 0. The molecule has 2 aromatic carbocycles. The summed E-state index contributed by atoms with van der Waals surface area (Å²) >= 11 is 3.51. The molecule has 0 aliphatic heterocycles. The van der Waals surface area contributed by atoms with Crippen LogP contribution in [0.2, 0.25) is 0 Å². The monoisotopic (exact) mass is 363 g/mol. The van der Waals surface area contributed by atoms with Crippen LogP contribution in [0, 0.1) is 11.3 Å². The van der Waals surface area contributed by atoms with E-state index in [1.54, 1.807) is 0 Å². The average Bonchev–Trinajstić information content (AvgIpc) is 2.93. The molecular weight excluding hydrogens is 354 g/mol. The SMILES string of the molecule is N#Cc1c(-c2ccccc2Br)c2[nH]c3ccccc3c2[nH]c1=O. The molecule has 0 aliphatic carbocycles. The number of benzene rings is 2. The molecule has 110 valence electrons. The van der Waals surface area contributed by atoms with Gasteiger partial charge in [0.1, 0.15) is 11.6 Å². The van der Waals surface area contributed by atoms with Crippen LogP contribution in [0.15, 0.2) is 57.8 Å². The molecule has 2 N–H and O–H groups in total. The van der Waals surface area contributed by atoms with E-state index >= 15 is 0 Å². The Morgan fingerprint density at radius 1 is 0.957 bits per heavy atom. The highest BCUT2D eigenvalue weighted by atomic mass is 79.9. The van der Waals surface area contributed by atoms with Gasteiger partial charge in [-0.15, -0.1) is 0 Å². The summed E-state index contributed by atoms with van der Waals surface area (Å²) in [7, 11) is 0. The third-order valence-electron chi connectivity index (χ3n) is 3.93. The Kier molecular flexibility index (Phi) is 3.07. The highest BCUT2D eigenvalue weighted by Gasteiger charge is 2.19. The molecule has 23 heavy (non-hydrogen) atoms. The summed E-state index contributed by atoms with van der Waals surface area (Å²) in [6.07, 6.45) is 0. The normalized spacial score (nSPS) is 11.0. The Morgan fingerprint density at radius 2 is 1.70 bits per heavy atom. The van der Waals surface area contributed by atoms with E-state index < -0.39 is 0 Å². The lowest BCUT2D eigenvalue weighted by molar-refractivity contribution is 1.28. The second-order valence-electron chi connectivity index (χ2n) is 5.22. The van der Waals surface area contributed by atoms with Gasteiger partial charge in [0.2, 0.25) is 0 Å². The van der Waals surface area contributed by atoms with Crippen molar-refractivity contribution in [3.63, 3.8) is 0 Å². The maximum atomic E-state index is 12.4. The number of nitrogens with zero attached hydrogens (tertiary/aromatic N) is 1. The maximum absolute atomic E-state index is 12.4. The van der Waals surface area contributed by atoms with Crippen LogP contribution in [0.3, 0.4) is 0 Å². The van der Waals surface area contributed by atoms with E-state index in [-0.39, 0.29) is 11.1 Å². The van der Waals surface area contributed by atoms with Gasteiger partial charge < -0.3 is 9.97 Å². The number of fused-ring (bicyclic) bond motifs is 3. The van der Waals surface area contributed by atoms with Crippen molar-refractivity contribution < 1.29 is 0 Å². The first-order valence-corrected chi connectivity index (χ1v) is 7.81. The Labute approximate surface area is 139 Å². The molecule has 2 aromatic heterocycles. The van der Waals surface area contributed by atoms with Gasteiger partial charge in [-0.3, -0.25) is 4.79 Å². The summed E-state index contributed by atoms with van der Waals surface area (Å²) < 4.78 is 0.835. The number of hydrogen-bond acceptors (Lipinski definition) is 2. The molecule has 4 rings (SSSR count). The molecule has 0 fully saturated rings. The smallest absolute Gasteiger partial charge is 0.267 e. The van der Waals surface area contributed by atoms with Gasteiger partial charge in [0.25, 0.3) is 5.56 Å². The Balaban J connectivity index is 2.28. The summed E-state index contributed by atoms with van der Waals surface area (Å²) in [5.74, 6) is 0. The number of para-hydroxylation sites is 1. The molecule has 0 aliphatic rings. The van der Waals surface area contributed by atoms with Gasteiger partial charge in [-0.2, -0.15) is 5.26 Å². The van der Waals surface area contributed by atoms with Crippen molar-refractivity contribution in [3.8, 4) is 17.2 Å². The number of hydrogen-bond donors (Lipinski definition) is 2. The molecule has 0 saturated heterocycles. The van der Waals surface area contributed by atoms with Crippen molar-refractivity contribution in [2.24, 2.45) is 0 Å². The van der Waals surface area contributed by atoms with Crippen molar-refractivity contribution in [2.45, 2.75) is 0 Å². The van der Waals surface area contributed by atoms with Crippen LogP contribution in [-0.4, -0.2) is 9.97 Å². The van der Waals surface area contributed by atoms with E-state index in [2.05, 4.69) is 25.9 Å². The predicted molar refractivity (Wildman–Crippen MR) is 94.3 cm³/mol. The summed E-state index contributed by atoms with van der Waals surface area (Å²) in [5.41, 5.74) is 3.55. The highest BCUT2D eigenvalue weighted by Crippen LogP contribution is 2.36. The van der Waals surface area contributed by atoms with Gasteiger partial charge in [0, 0.05) is 20.9 Å². The topological polar surface area (TPSA) is 72.4 Å². The largest absolute Gasteiger partial charge is 0.353 e. The minimum atomic E-state index is -0.379. The van der Waals surface area contributed by atoms with Crippen LogP contribution >= 0.6 is 15.9 Å². The Hall–Kier alpha value is -2.84. The van der Waals surface area contributed by atoms with Gasteiger partial charge in [-0.05, 0) is 17.7 Å². The zero-order chi connectivity index (χ0) is 16.0. The van der Waals surface area contributed by atoms with E-state index in [1.807, 2.05) is 54.6 Å². The van der Waals surface area contributed by atoms with E-state index in [9.17, 15) is 10.1 Å². The number of nitriles is 1. The van der Waals surface area contributed by atoms with Gasteiger partial charge in [0.05, 0.1) is 11.0 Å². The predicted octanol–water partition coefficient (Wildman–Crippen LogP) is 4.31. The highest BCUT2D eigenvalue weighted by molar-refractivity contribution is 9.10. The number of pyridine rings is 1. The molecule has 4 nitrogen and oxygen atoms in total. The van der Waals surface area contributed by atoms with Crippen LogP contribution in [0.1, 0.15) is 5.56 Å². The first-order chi connectivity index (χ1) is 11.2. The third-order valence-corrected chi connectivity index (χ3v) is 4.62. The van der Waals surface area contributed by atoms with Crippen LogP contribution in [0.4, 0.5) is 0 Å². The van der Waals surface area contributed by atoms with Gasteiger partial charge >= 0.3 is 0 Å². The first-order valence-electron chi connectivity index (χ1n) is 7.02. The molecule has 0 radical (unpaired) electrons. The van der Waals surface area contributed by atoms with E-state index in [0.29, 0.717) is 5.56 Å². The van der Waals surface area contributed by atoms with Gasteiger partial charge in [-0.25, -0.2) is 0 Å². The second kappa shape index (κ2) is 5.11. The molecule has 0 bridgehead atoms. The van der Waals surface area contributed by atoms with E-state index in [1.165, 1.54) is 0 Å². The quantitative estimate of drug-likeness (QED) is 0.528. The van der Waals surface area contributed by atoms with E-state index in [4.69, 9.17) is 0 Å². The lowest BCUT2D eigenvalue weighted by atomic mass is 10.00. The van der Waals surface area contributed by atoms with Gasteiger partial charge in [0.15, 0.2) is 0 Å². The zero-order valence-corrected chi connectivity index (χ0v) is 13.4. The molecular formula is C18H10BrN3O. The Bertz CT molecular complexity index is 1160. The molecule has 2 heterocycles. The number of H-pyrrole nitrogens is 2. The van der Waals surface area contributed by atoms with E-state index in [0.717, 1.165) is 32.0 Å². The molecule has 0 atom stereocenters. The van der Waals surface area contributed by atoms with Crippen molar-refractivity contribution in [3.05, 3.63) is 68.9 Å². The van der Waals surface area contributed by atoms with Crippen molar-refractivity contribution in [1.29, 1.82) is 5.26 Å². The van der Waals surface area contributed by atoms with Crippen molar-refractivity contribution in [2.75, 3.05) is 0 Å². The number of aromatic nitrogens is 2. The molecule has 0 unspecified atom stereocenters. The summed E-state index contributed by atoms with van der Waals surface area (Å²) in [6, 6.07) is 17.4. The molecule has 0 saturated carbocycles. The molecule has 5 heteroatoms. The molecule has 4 aromatic rings.